The molecule has 0 spiro atoms. The molecule has 0 fully saturated rings. The summed E-state index contributed by atoms with van der Waals surface area (Å²) in [6.45, 7) is 0. The highest BCUT2D eigenvalue weighted by Crippen LogP contribution is 2.55. The number of ketones is 3. The number of rotatable bonds is 20. The lowest BCUT2D eigenvalue weighted by atomic mass is 9.88. The first kappa shape index (κ1) is 76.1. The summed E-state index contributed by atoms with van der Waals surface area (Å²) in [5.41, 5.74) is 28.9. The van der Waals surface area contributed by atoms with E-state index in [1.807, 2.05) is 291 Å². The summed E-state index contributed by atoms with van der Waals surface area (Å²) in [4.78, 5) is 47.3. The lowest BCUT2D eigenvalue weighted by molar-refractivity contribution is -0.109. The fourth-order valence-corrected chi connectivity index (χ4v) is 17.3. The molecule has 5 heteroatoms. The molecule has 0 saturated heterocycles. The van der Waals surface area contributed by atoms with Gasteiger partial charge in [-0.2, -0.15) is 0 Å². The Bertz CT molecular complexity index is 7170. The molecule has 0 N–H and O–H groups in total. The average Bonchev–Trinajstić information content (AvgIpc) is 1.59. The van der Waals surface area contributed by atoms with Gasteiger partial charge in [-0.05, 0) is 184 Å². The van der Waals surface area contributed by atoms with E-state index in [9.17, 15) is 0 Å². The number of Topliss-reactive ketones (excluding diaryl/α,β-unsaturated/α-hetero) is 3. The second-order valence-corrected chi connectivity index (χ2v) is 30.9. The first-order valence-corrected chi connectivity index (χ1v) is 41.6. The number of allylic oxidation sites excluding steroid dienone is 12. The van der Waals surface area contributed by atoms with Gasteiger partial charge in [0.15, 0.2) is 17.3 Å². The second kappa shape index (κ2) is 34.0. The Morgan fingerprint density at radius 2 is 0.250 bits per heavy atom. The van der Waals surface area contributed by atoms with Crippen molar-refractivity contribution >= 4 is 84.2 Å². The van der Waals surface area contributed by atoms with Crippen molar-refractivity contribution in [3.63, 3.8) is 0 Å². The first-order chi connectivity index (χ1) is 61.2. The third-order valence-electron chi connectivity index (χ3n) is 23.3. The van der Waals surface area contributed by atoms with Crippen molar-refractivity contribution in [3.05, 3.63) is 539 Å². The molecular weight excluding hydrogens is 1510 g/mol. The minimum atomic E-state index is -0.0972. The van der Waals surface area contributed by atoms with Gasteiger partial charge in [-0.15, -0.1) is 0 Å². The van der Waals surface area contributed by atoms with Crippen molar-refractivity contribution in [3.8, 4) is 79.3 Å². The van der Waals surface area contributed by atoms with Crippen LogP contribution < -0.4 is 9.47 Å². The molecule has 0 unspecified atom stereocenters. The lowest BCUT2D eigenvalue weighted by Crippen LogP contribution is -2.02. The number of hydrogen-bond donors (Lipinski definition) is 0. The van der Waals surface area contributed by atoms with Crippen molar-refractivity contribution in [1.82, 2.24) is 0 Å². The van der Waals surface area contributed by atoms with Crippen LogP contribution in [-0.4, -0.2) is 17.3 Å². The van der Waals surface area contributed by atoms with Crippen molar-refractivity contribution in [2.24, 2.45) is 0 Å². The van der Waals surface area contributed by atoms with Crippen LogP contribution in [0.1, 0.15) is 77.9 Å². The molecule has 17 aromatic rings. The summed E-state index contributed by atoms with van der Waals surface area (Å²) in [6.07, 6.45) is 0. The zero-order valence-electron chi connectivity index (χ0n) is 67.4. The highest BCUT2D eigenvalue weighted by molar-refractivity contribution is 6.61. The maximum absolute atomic E-state index is 16.0. The molecule has 0 bridgehead atoms. The SMILES string of the molecule is O=C1C(c2ccc(-c3ccccc3)cc2)=C(c2ccc(C#Cc3ccccc3)cc2)C(c2ccc(Oc3ccc(C4=C(c5ccc(-c6ccccc6)cc5)C(=O)C(c5ccccc5)=C4c4ccc(Oc5ccc(C6=C(c7ccccc7)C(=O)C(c7ccc(-c8ccccc8)cc7)=C6c6ccc(-c7ccccc7)cc6)cc5)cc4)cc3)cc2)=C1c1ccccc1. The molecule has 20 rings (SSSR count). The minimum absolute atomic E-state index is 0.0486. The maximum Gasteiger partial charge on any atom is 0.195 e. The molecule has 0 heterocycles. The Balaban J connectivity index is 0.636. The fourth-order valence-electron chi connectivity index (χ4n) is 17.3. The van der Waals surface area contributed by atoms with Gasteiger partial charge < -0.3 is 9.47 Å². The quantitative estimate of drug-likeness (QED) is 0.0711. The Morgan fingerprint density at radius 1 is 0.121 bits per heavy atom. The Labute approximate surface area is 721 Å². The highest BCUT2D eigenvalue weighted by Gasteiger charge is 2.39. The summed E-state index contributed by atoms with van der Waals surface area (Å²) in [5.74, 6) is 8.81. The number of benzene rings is 17. The topological polar surface area (TPSA) is 69.7 Å². The van der Waals surface area contributed by atoms with Crippen LogP contribution >= 0.6 is 0 Å². The molecule has 124 heavy (non-hydrogen) atoms. The van der Waals surface area contributed by atoms with Crippen molar-refractivity contribution < 1.29 is 23.9 Å². The van der Waals surface area contributed by atoms with Crippen LogP contribution in [0.25, 0.3) is 111 Å². The standard InChI is InChI=1S/C119H76O5/c120-117-111(89-35-19-6-20-36-89)107(105(92-45-43-80(44-46-92)42-41-79-25-9-1-10-26-79)114(117)98-57-49-86(50-58-98)82-29-13-3-14-30-82)94-63-71-101(72-64-94)124-104-77-69-97(70-78-104)110-109(113(91-39-23-8-24-40-91)119(122)116(110)100-61-53-88(54-62-100)84-33-17-5-18-34-84)96-67-75-103(76-68-96)123-102-73-65-95(66-74-102)108-106(93-55-47-85(48-56-93)81-27-11-2-12-28-81)115(118(121)112(108)90-37-21-7-22-38-90)99-59-51-87(52-60-99)83-31-15-4-16-32-83/h1-40,43-78H. The van der Waals surface area contributed by atoms with E-state index in [-0.39, 0.29) is 17.3 Å². The van der Waals surface area contributed by atoms with Crippen LogP contribution in [0.2, 0.25) is 0 Å². The van der Waals surface area contributed by atoms with Crippen LogP contribution in [-0.2, 0) is 14.4 Å². The van der Waals surface area contributed by atoms with Crippen LogP contribution in [0.5, 0.6) is 23.0 Å². The molecule has 3 aliphatic carbocycles. The zero-order chi connectivity index (χ0) is 83.2. The molecule has 5 nitrogen and oxygen atoms in total. The summed E-state index contributed by atoms with van der Waals surface area (Å²) in [7, 11) is 0. The van der Waals surface area contributed by atoms with Crippen molar-refractivity contribution in [2.45, 2.75) is 0 Å². The van der Waals surface area contributed by atoms with Crippen molar-refractivity contribution in [2.75, 3.05) is 0 Å². The van der Waals surface area contributed by atoms with Crippen LogP contribution in [0.3, 0.4) is 0 Å². The monoisotopic (exact) mass is 1580 g/mol. The number of carbonyl (C=O) groups excluding carboxylic acids is 3. The average molecular weight is 1590 g/mol. The third-order valence-corrected chi connectivity index (χ3v) is 23.3. The van der Waals surface area contributed by atoms with E-state index < -0.39 is 0 Å². The van der Waals surface area contributed by atoms with Gasteiger partial charge in [0.2, 0.25) is 0 Å². The van der Waals surface area contributed by atoms with Gasteiger partial charge in [0.1, 0.15) is 23.0 Å². The summed E-state index contributed by atoms with van der Waals surface area (Å²) >= 11 is 0. The van der Waals surface area contributed by atoms with Crippen LogP contribution in [0.4, 0.5) is 0 Å². The van der Waals surface area contributed by atoms with E-state index in [2.05, 4.69) is 182 Å². The Kier molecular flexibility index (Phi) is 20.8. The molecule has 3 aliphatic rings. The molecule has 582 valence electrons. The van der Waals surface area contributed by atoms with Gasteiger partial charge in [0.25, 0.3) is 0 Å². The van der Waals surface area contributed by atoms with E-state index in [0.29, 0.717) is 56.4 Å². The minimum Gasteiger partial charge on any atom is -0.457 e. The predicted molar refractivity (Wildman–Crippen MR) is 508 cm³/mol. The number of hydrogen-bond acceptors (Lipinski definition) is 5. The summed E-state index contributed by atoms with van der Waals surface area (Å²) < 4.78 is 13.6. The summed E-state index contributed by atoms with van der Waals surface area (Å²) in [6, 6.07) is 155. The Morgan fingerprint density at radius 3 is 0.452 bits per heavy atom. The van der Waals surface area contributed by atoms with Gasteiger partial charge in [-0.25, -0.2) is 0 Å². The smallest absolute Gasteiger partial charge is 0.195 e. The Hall–Kier alpha value is -16.7. The van der Waals surface area contributed by atoms with Gasteiger partial charge in [0.05, 0.1) is 0 Å². The largest absolute Gasteiger partial charge is 0.457 e. The van der Waals surface area contributed by atoms with E-state index in [4.69, 9.17) is 9.47 Å². The molecule has 0 amide bonds. The first-order valence-electron chi connectivity index (χ1n) is 41.6. The number of carbonyl (C=O) groups is 3. The zero-order valence-corrected chi connectivity index (χ0v) is 67.4. The molecular formula is C119H76O5. The van der Waals surface area contributed by atoms with Gasteiger partial charge in [-0.3, -0.25) is 14.4 Å². The second-order valence-electron chi connectivity index (χ2n) is 30.9. The fraction of sp³-hybridized carbons (Fsp3) is 0. The normalized spacial score (nSPS) is 13.3. The molecule has 0 radical (unpaired) electrons. The molecule has 0 atom stereocenters. The van der Waals surface area contributed by atoms with Gasteiger partial charge in [0, 0.05) is 78.0 Å². The molecule has 17 aromatic carbocycles. The van der Waals surface area contributed by atoms with Crippen molar-refractivity contribution in [1.29, 1.82) is 0 Å². The summed E-state index contributed by atoms with van der Waals surface area (Å²) in [5, 5.41) is 0. The van der Waals surface area contributed by atoms with Gasteiger partial charge in [-0.1, -0.05) is 400 Å². The maximum atomic E-state index is 16.0. The van der Waals surface area contributed by atoms with E-state index in [1.54, 1.807) is 0 Å². The molecule has 0 aliphatic heterocycles. The van der Waals surface area contributed by atoms with Gasteiger partial charge >= 0.3 is 0 Å². The molecule has 0 aromatic heterocycles. The lowest BCUT2D eigenvalue weighted by Gasteiger charge is -2.16. The van der Waals surface area contributed by atoms with E-state index in [1.165, 1.54) is 0 Å². The highest BCUT2D eigenvalue weighted by atomic mass is 16.5. The van der Waals surface area contributed by atoms with Crippen LogP contribution in [0, 0.1) is 11.8 Å². The van der Waals surface area contributed by atoms with E-state index in [0.717, 1.165) is 156 Å². The third kappa shape index (κ3) is 15.2. The van der Waals surface area contributed by atoms with E-state index >= 15 is 14.4 Å². The number of ether oxygens (including phenoxy) is 2. The molecule has 0 saturated carbocycles. The predicted octanol–water partition coefficient (Wildman–Crippen LogP) is 28.7. The van der Waals surface area contributed by atoms with Crippen LogP contribution in [0.15, 0.2) is 461 Å².